The molecule has 0 heterocycles. The highest BCUT2D eigenvalue weighted by Gasteiger charge is 2.32. The number of hydrogen-bond donors (Lipinski definition) is 3. The van der Waals surface area contributed by atoms with Gasteiger partial charge in [0.05, 0.1) is 5.57 Å². The molecule has 1 aliphatic carbocycles. The molecule has 0 fully saturated rings. The lowest BCUT2D eigenvalue weighted by molar-refractivity contribution is -0.116. The van der Waals surface area contributed by atoms with Crippen LogP contribution in [0.2, 0.25) is 0 Å². The number of halogens is 3. The Bertz CT molecular complexity index is 630. The van der Waals surface area contributed by atoms with Crippen LogP contribution in [0.25, 0.3) is 0 Å². The molecule has 0 aromatic rings. The van der Waals surface area contributed by atoms with Crippen molar-refractivity contribution in [1.82, 2.24) is 9.73 Å². The van der Waals surface area contributed by atoms with Gasteiger partial charge in [0.1, 0.15) is 0 Å². The summed E-state index contributed by atoms with van der Waals surface area (Å²) in [6.45, 7) is 2.86. The predicted molar refractivity (Wildman–Crippen MR) is 83.6 cm³/mol. The largest absolute Gasteiger partial charge is 0.647 e. The van der Waals surface area contributed by atoms with Crippen molar-refractivity contribution in [3.8, 4) is 0 Å². The predicted octanol–water partition coefficient (Wildman–Crippen LogP) is 2.39. The average Bonchev–Trinajstić information content (AvgIpc) is 2.63. The minimum absolute atomic E-state index is 0.0407. The van der Waals surface area contributed by atoms with Crippen molar-refractivity contribution in [3.05, 3.63) is 46.8 Å². The first kappa shape index (κ1) is 19.0. The Morgan fingerprint density at radius 3 is 2.48 bits per heavy atom. The number of hydrazine groups is 1. The highest BCUT2D eigenvalue weighted by molar-refractivity contribution is 7.56. The van der Waals surface area contributed by atoms with Gasteiger partial charge in [0, 0.05) is 22.7 Å². The molecule has 0 atom stereocenters. The SMILES string of the molecule is CC(=N)/C(C(=O)NC1=CC=C(C(F)(F)F)CC=C1)=C(\C)N(N)[S-]. The Morgan fingerprint density at radius 2 is 2.00 bits per heavy atom. The Hall–Kier alpha value is -2.00. The molecule has 0 saturated carbocycles. The Morgan fingerprint density at radius 1 is 1.39 bits per heavy atom. The number of rotatable bonds is 4. The van der Waals surface area contributed by atoms with E-state index < -0.39 is 17.7 Å². The molecule has 5 nitrogen and oxygen atoms in total. The third-order valence-electron chi connectivity index (χ3n) is 3.02. The number of carbonyl (C=O) groups excluding carboxylic acids is 1. The molecule has 0 bridgehead atoms. The van der Waals surface area contributed by atoms with E-state index in [0.717, 1.165) is 16.6 Å². The van der Waals surface area contributed by atoms with Gasteiger partial charge < -0.3 is 28.0 Å². The molecule has 0 spiro atoms. The standard InChI is InChI=1S/C14H16F3N4OS/c1-8(18)12(9(2)21(19)23)13(22)20-11-5-3-4-10(6-7-11)14(15,16)17/h3,5-7,18H,4,19H2,1-2H3,(H,20,22)/q-1/b12-9-,18-8?. The molecule has 1 amide bonds. The zero-order valence-corrected chi connectivity index (χ0v) is 13.3. The van der Waals surface area contributed by atoms with Crippen molar-refractivity contribution in [3.63, 3.8) is 0 Å². The van der Waals surface area contributed by atoms with E-state index in [1.54, 1.807) is 0 Å². The monoisotopic (exact) mass is 345 g/mol. The third-order valence-corrected chi connectivity index (χ3v) is 3.29. The molecule has 1 rings (SSSR count). The molecule has 4 N–H and O–H groups in total. The molecule has 23 heavy (non-hydrogen) atoms. The van der Waals surface area contributed by atoms with Crippen molar-refractivity contribution >= 4 is 24.4 Å². The normalized spacial score (nSPS) is 16.0. The summed E-state index contributed by atoms with van der Waals surface area (Å²) in [5, 5.41) is 10.1. The van der Waals surface area contributed by atoms with Gasteiger partial charge in [-0.2, -0.15) is 13.2 Å². The van der Waals surface area contributed by atoms with Crippen LogP contribution < -0.4 is 11.2 Å². The van der Waals surface area contributed by atoms with Crippen molar-refractivity contribution in [1.29, 1.82) is 5.41 Å². The van der Waals surface area contributed by atoms with Gasteiger partial charge in [0.15, 0.2) is 0 Å². The number of carbonyl (C=O) groups is 1. The molecule has 0 aromatic carbocycles. The average molecular weight is 345 g/mol. The van der Waals surface area contributed by atoms with Crippen molar-refractivity contribution in [2.24, 2.45) is 5.84 Å². The van der Waals surface area contributed by atoms with Gasteiger partial charge in [0.2, 0.25) is 0 Å². The van der Waals surface area contributed by atoms with Crippen molar-refractivity contribution in [2.45, 2.75) is 26.4 Å². The lowest BCUT2D eigenvalue weighted by atomic mass is 10.1. The first-order valence-electron chi connectivity index (χ1n) is 6.48. The lowest BCUT2D eigenvalue weighted by Gasteiger charge is -2.28. The summed E-state index contributed by atoms with van der Waals surface area (Å²) >= 11 is 4.71. The third kappa shape index (κ3) is 5.29. The van der Waals surface area contributed by atoms with Crippen LogP contribution >= 0.6 is 0 Å². The first-order chi connectivity index (χ1) is 10.5. The lowest BCUT2D eigenvalue weighted by Crippen LogP contribution is -2.32. The highest BCUT2D eigenvalue weighted by Crippen LogP contribution is 2.29. The van der Waals surface area contributed by atoms with Crippen LogP contribution in [-0.4, -0.2) is 22.2 Å². The van der Waals surface area contributed by atoms with Crippen LogP contribution in [0.1, 0.15) is 20.3 Å². The molecule has 0 aromatic heterocycles. The van der Waals surface area contributed by atoms with Gasteiger partial charge in [-0.1, -0.05) is 12.2 Å². The fraction of sp³-hybridized carbons (Fsp3) is 0.286. The zero-order valence-electron chi connectivity index (χ0n) is 12.5. The highest BCUT2D eigenvalue weighted by atomic mass is 32.1. The second kappa shape index (κ2) is 7.51. The van der Waals surface area contributed by atoms with E-state index in [4.69, 9.17) is 24.1 Å². The van der Waals surface area contributed by atoms with Gasteiger partial charge in [-0.3, -0.25) is 10.6 Å². The number of allylic oxidation sites excluding steroid dienone is 6. The van der Waals surface area contributed by atoms with E-state index in [2.05, 4.69) is 5.32 Å². The smallest absolute Gasteiger partial charge is 0.412 e. The molecule has 0 aliphatic heterocycles. The van der Waals surface area contributed by atoms with Gasteiger partial charge in [-0.05, 0) is 32.4 Å². The van der Waals surface area contributed by atoms with Crippen LogP contribution in [0, 0.1) is 5.41 Å². The van der Waals surface area contributed by atoms with E-state index in [0.29, 0.717) is 0 Å². The molecular formula is C14H16F3N4OS-. The Kier molecular flexibility index (Phi) is 6.22. The van der Waals surface area contributed by atoms with Crippen molar-refractivity contribution < 1.29 is 18.0 Å². The molecule has 0 radical (unpaired) electrons. The fourth-order valence-corrected chi connectivity index (χ4v) is 1.92. The summed E-state index contributed by atoms with van der Waals surface area (Å²) in [4.78, 5) is 12.2. The summed E-state index contributed by atoms with van der Waals surface area (Å²) < 4.78 is 38.7. The molecule has 0 saturated heterocycles. The number of nitrogens with two attached hydrogens (primary N) is 1. The second-order valence-electron chi connectivity index (χ2n) is 4.78. The van der Waals surface area contributed by atoms with E-state index in [-0.39, 0.29) is 29.1 Å². The topological polar surface area (TPSA) is 82.2 Å². The molecular weight excluding hydrogens is 329 g/mol. The summed E-state index contributed by atoms with van der Waals surface area (Å²) in [7, 11) is 0. The van der Waals surface area contributed by atoms with Crippen LogP contribution in [0.4, 0.5) is 13.2 Å². The van der Waals surface area contributed by atoms with Crippen molar-refractivity contribution in [2.75, 3.05) is 0 Å². The molecule has 1 aliphatic rings. The van der Waals surface area contributed by atoms with E-state index >= 15 is 0 Å². The first-order valence-corrected chi connectivity index (χ1v) is 6.85. The summed E-state index contributed by atoms with van der Waals surface area (Å²) in [6.07, 6.45) is 0.0284. The molecule has 126 valence electrons. The minimum atomic E-state index is -4.42. The van der Waals surface area contributed by atoms with E-state index in [1.807, 2.05) is 0 Å². The number of amides is 1. The quantitative estimate of drug-likeness (QED) is 0.240. The number of alkyl halides is 3. The summed E-state index contributed by atoms with van der Waals surface area (Å²) in [6, 6.07) is 0. The van der Waals surface area contributed by atoms with Gasteiger partial charge >= 0.3 is 6.18 Å². The maximum atomic E-state index is 12.7. The number of hydrogen-bond acceptors (Lipinski definition) is 5. The second-order valence-corrected chi connectivity index (χ2v) is 5.18. The van der Waals surface area contributed by atoms with Crippen LogP contribution in [0.15, 0.2) is 46.8 Å². The Balaban J connectivity index is 3.05. The van der Waals surface area contributed by atoms with Crippen LogP contribution in [-0.2, 0) is 17.6 Å². The minimum Gasteiger partial charge on any atom is -0.647 e. The number of nitrogens with one attached hydrogen (secondary N) is 2. The summed E-state index contributed by atoms with van der Waals surface area (Å²) in [5.74, 6) is 4.72. The van der Waals surface area contributed by atoms with Gasteiger partial charge in [-0.25, -0.2) is 0 Å². The fourth-order valence-electron chi connectivity index (χ4n) is 1.83. The molecule has 0 unspecified atom stereocenters. The Labute approximate surface area is 137 Å². The molecule has 9 heteroatoms. The maximum absolute atomic E-state index is 12.7. The zero-order chi connectivity index (χ0) is 17.8. The maximum Gasteiger partial charge on any atom is 0.412 e. The van der Waals surface area contributed by atoms with E-state index in [1.165, 1.54) is 26.0 Å². The van der Waals surface area contributed by atoms with Crippen LogP contribution in [0.5, 0.6) is 0 Å². The summed E-state index contributed by atoms with van der Waals surface area (Å²) in [5.41, 5.74) is -0.457. The van der Waals surface area contributed by atoms with Gasteiger partial charge in [-0.15, -0.1) is 0 Å². The van der Waals surface area contributed by atoms with E-state index in [9.17, 15) is 18.0 Å². The number of nitrogens with zero attached hydrogens (tertiary/aromatic N) is 1. The van der Waals surface area contributed by atoms with Gasteiger partial charge in [0.25, 0.3) is 5.91 Å². The van der Waals surface area contributed by atoms with Crippen LogP contribution in [0.3, 0.4) is 0 Å².